The van der Waals surface area contributed by atoms with E-state index in [2.05, 4.69) is 12.5 Å². The summed E-state index contributed by atoms with van der Waals surface area (Å²) in [6, 6.07) is 0. The minimum absolute atomic E-state index is 0.491. The molecule has 1 aliphatic rings. The van der Waals surface area contributed by atoms with Gasteiger partial charge < -0.3 is 4.74 Å². The molecule has 1 rings (SSSR count). The quantitative estimate of drug-likeness (QED) is 0.403. The van der Waals surface area contributed by atoms with Crippen LogP contribution >= 0.6 is 0 Å². The lowest BCUT2D eigenvalue weighted by atomic mass is 10.0. The monoisotopic (exact) mass is 388 g/mol. The Balaban J connectivity index is 2.79. The van der Waals surface area contributed by atoms with Crippen LogP contribution in [0.1, 0.15) is 6.42 Å². The first kappa shape index (κ1) is 19.6. The van der Waals surface area contributed by atoms with Gasteiger partial charge in [0.25, 0.3) is 0 Å². The van der Waals surface area contributed by atoms with Gasteiger partial charge in [0.05, 0.1) is 19.3 Å². The van der Waals surface area contributed by atoms with E-state index in [1.54, 1.807) is 0 Å². The van der Waals surface area contributed by atoms with Gasteiger partial charge in [-0.15, -0.1) is 0 Å². The molecule has 1 aliphatic heterocycles. The zero-order chi connectivity index (χ0) is 17.2. The third-order valence-corrected chi connectivity index (χ3v) is 3.71. The van der Waals surface area contributed by atoms with Crippen molar-refractivity contribution in [2.24, 2.45) is 0 Å². The normalized spacial score (nSPS) is 27.7. The zero-order valence-electron chi connectivity index (χ0n) is 10.5. The second kappa shape index (κ2) is 6.99. The molecule has 132 valence electrons. The molecule has 13 nitrogen and oxygen atoms in total. The van der Waals surface area contributed by atoms with Crippen molar-refractivity contribution in [3.8, 4) is 0 Å². The van der Waals surface area contributed by atoms with Crippen LogP contribution in [0.3, 0.4) is 0 Å². The maximum Gasteiger partial charge on any atom is 0.397 e. The van der Waals surface area contributed by atoms with E-state index in [0.717, 1.165) is 0 Å². The van der Waals surface area contributed by atoms with Gasteiger partial charge in [-0.3, -0.25) is 13.7 Å². The largest absolute Gasteiger partial charge is 0.397 e. The van der Waals surface area contributed by atoms with E-state index >= 15 is 0 Å². The zero-order valence-corrected chi connectivity index (χ0v) is 13.0. The fraction of sp³-hybridized carbons (Fsp3) is 1.00. The Hall–Kier alpha value is -0.430. The lowest BCUT2D eigenvalue weighted by molar-refractivity contribution is -0.113. The van der Waals surface area contributed by atoms with Gasteiger partial charge in [-0.2, -0.15) is 25.3 Å². The minimum atomic E-state index is -5.00. The molecular weight excluding hydrogens is 376 g/mol. The van der Waals surface area contributed by atoms with E-state index in [9.17, 15) is 25.3 Å². The molecule has 1 saturated heterocycles. The Morgan fingerprint density at radius 1 is 0.864 bits per heavy atom. The van der Waals surface area contributed by atoms with E-state index in [1.165, 1.54) is 0 Å². The predicted octanol–water partition coefficient (Wildman–Crippen LogP) is -2.03. The van der Waals surface area contributed by atoms with Gasteiger partial charge >= 0.3 is 31.2 Å². The van der Waals surface area contributed by atoms with Gasteiger partial charge in [0.1, 0.15) is 12.2 Å². The molecule has 0 saturated carbocycles. The van der Waals surface area contributed by atoms with Crippen molar-refractivity contribution >= 4 is 31.2 Å². The standard InChI is InChI=1S/C6H12O13S3/c7-20(8,9)17-2-4-1-5(18-21(10,11)12)6(3-16-4)19-22(13,14)15/h4-6H,1-3H2,(H,7,8,9)(H,10,11,12)(H,13,14,15)/t4-,5?,6?/m1/s1. The minimum Gasteiger partial charge on any atom is -0.373 e. The second-order valence-corrected chi connectivity index (χ2v) is 7.22. The van der Waals surface area contributed by atoms with Crippen molar-refractivity contribution in [2.45, 2.75) is 24.7 Å². The van der Waals surface area contributed by atoms with Gasteiger partial charge in [0.15, 0.2) is 0 Å². The fourth-order valence-electron chi connectivity index (χ4n) is 1.60. The molecule has 0 aromatic carbocycles. The molecule has 0 aromatic rings. The fourth-order valence-corrected chi connectivity index (χ4v) is 2.93. The highest BCUT2D eigenvalue weighted by atomic mass is 32.3. The van der Waals surface area contributed by atoms with Crippen LogP contribution in [0.4, 0.5) is 0 Å². The molecule has 0 aromatic heterocycles. The number of hydrogen-bond donors (Lipinski definition) is 3. The lowest BCUT2D eigenvalue weighted by Crippen LogP contribution is -2.47. The molecule has 16 heteroatoms. The molecule has 0 radical (unpaired) electrons. The first-order chi connectivity index (χ1) is 9.75. The van der Waals surface area contributed by atoms with Crippen LogP contribution in [0, 0.1) is 0 Å². The van der Waals surface area contributed by atoms with Crippen molar-refractivity contribution in [3.63, 3.8) is 0 Å². The second-order valence-electron chi connectivity index (χ2n) is 4.03. The van der Waals surface area contributed by atoms with Gasteiger partial charge in [0, 0.05) is 6.42 Å². The molecule has 3 N–H and O–H groups in total. The van der Waals surface area contributed by atoms with Crippen LogP contribution in [0.25, 0.3) is 0 Å². The van der Waals surface area contributed by atoms with Crippen LogP contribution < -0.4 is 0 Å². The van der Waals surface area contributed by atoms with Crippen molar-refractivity contribution in [1.82, 2.24) is 0 Å². The van der Waals surface area contributed by atoms with Crippen molar-refractivity contribution in [1.29, 1.82) is 0 Å². The van der Waals surface area contributed by atoms with Gasteiger partial charge in [0.2, 0.25) is 0 Å². The third-order valence-electron chi connectivity index (χ3n) is 2.30. The number of hydrogen-bond acceptors (Lipinski definition) is 10. The average Bonchev–Trinajstić information content (AvgIpc) is 2.24. The van der Waals surface area contributed by atoms with E-state index in [0.29, 0.717) is 0 Å². The molecule has 0 bridgehead atoms. The molecule has 2 unspecified atom stereocenters. The van der Waals surface area contributed by atoms with Crippen LogP contribution in [0.15, 0.2) is 0 Å². The molecule has 0 amide bonds. The summed E-state index contributed by atoms with van der Waals surface area (Å²) in [5.74, 6) is 0. The summed E-state index contributed by atoms with van der Waals surface area (Å²) in [5.41, 5.74) is 0. The Kier molecular flexibility index (Phi) is 6.23. The van der Waals surface area contributed by atoms with Crippen molar-refractivity contribution in [2.75, 3.05) is 13.2 Å². The molecule has 3 atom stereocenters. The van der Waals surface area contributed by atoms with E-state index in [1.807, 2.05) is 0 Å². The summed E-state index contributed by atoms with van der Waals surface area (Å²) in [6.07, 6.45) is -4.87. The summed E-state index contributed by atoms with van der Waals surface area (Å²) in [7, 11) is -14.7. The molecule has 0 spiro atoms. The van der Waals surface area contributed by atoms with E-state index in [-0.39, 0.29) is 0 Å². The van der Waals surface area contributed by atoms with Crippen LogP contribution in [0.5, 0.6) is 0 Å². The van der Waals surface area contributed by atoms with Gasteiger partial charge in [-0.1, -0.05) is 0 Å². The highest BCUT2D eigenvalue weighted by Crippen LogP contribution is 2.23. The maximum atomic E-state index is 10.7. The van der Waals surface area contributed by atoms with Crippen LogP contribution in [-0.2, 0) is 48.5 Å². The summed E-state index contributed by atoms with van der Waals surface area (Å²) in [4.78, 5) is 0. The van der Waals surface area contributed by atoms with E-state index in [4.69, 9.17) is 18.4 Å². The molecule has 1 fully saturated rings. The number of rotatable bonds is 7. The maximum absolute atomic E-state index is 10.7. The molecule has 22 heavy (non-hydrogen) atoms. The molecule has 0 aliphatic carbocycles. The highest BCUT2D eigenvalue weighted by Gasteiger charge is 2.38. The predicted molar refractivity (Wildman–Crippen MR) is 64.7 cm³/mol. The summed E-state index contributed by atoms with van der Waals surface area (Å²) >= 11 is 0. The Labute approximate surface area is 126 Å². The Morgan fingerprint density at radius 2 is 1.36 bits per heavy atom. The van der Waals surface area contributed by atoms with Crippen molar-refractivity contribution in [3.05, 3.63) is 0 Å². The third kappa shape index (κ3) is 8.27. The lowest BCUT2D eigenvalue weighted by Gasteiger charge is -2.33. The SMILES string of the molecule is O=S(=O)(O)OC[C@H]1CC(OS(=O)(=O)O)C(OS(=O)(=O)O)CO1. The smallest absolute Gasteiger partial charge is 0.373 e. The van der Waals surface area contributed by atoms with Crippen molar-refractivity contribution < 1.29 is 56.2 Å². The van der Waals surface area contributed by atoms with Crippen LogP contribution in [0.2, 0.25) is 0 Å². The molecular formula is C6H12O13S3. The average molecular weight is 388 g/mol. The van der Waals surface area contributed by atoms with Gasteiger partial charge in [-0.25, -0.2) is 12.5 Å². The van der Waals surface area contributed by atoms with E-state index < -0.39 is 69.1 Å². The first-order valence-electron chi connectivity index (χ1n) is 5.30. The summed E-state index contributed by atoms with van der Waals surface area (Å²) < 4.78 is 106. The topological polar surface area (TPSA) is 200 Å². The first-order valence-corrected chi connectivity index (χ1v) is 9.39. The molecule has 1 heterocycles. The van der Waals surface area contributed by atoms with Gasteiger partial charge in [-0.05, 0) is 0 Å². The highest BCUT2D eigenvalue weighted by molar-refractivity contribution is 7.81. The Bertz CT molecular complexity index is 675. The van der Waals surface area contributed by atoms with Crippen LogP contribution in [-0.4, -0.2) is 70.4 Å². The Morgan fingerprint density at radius 3 is 1.82 bits per heavy atom. The summed E-state index contributed by atoms with van der Waals surface area (Å²) in [5, 5.41) is 0. The number of ether oxygens (including phenoxy) is 1. The summed E-state index contributed by atoms with van der Waals surface area (Å²) in [6.45, 7) is -1.37.